The molecule has 0 heterocycles. The van der Waals surface area contributed by atoms with E-state index < -0.39 is 12.3 Å². The van der Waals surface area contributed by atoms with Crippen molar-refractivity contribution >= 4 is 0 Å². The first-order chi connectivity index (χ1) is 18.9. The number of ether oxygens (including phenoxy) is 1. The molecule has 0 radical (unpaired) electrons. The number of halogens is 3. The van der Waals surface area contributed by atoms with E-state index in [4.69, 9.17) is 4.74 Å². The fourth-order valence-corrected chi connectivity index (χ4v) is 6.60. The van der Waals surface area contributed by atoms with Gasteiger partial charge in [-0.05, 0) is 97.3 Å². The minimum atomic E-state index is -3.89. The SMILES string of the molecule is C=CC1CCC(c2ccc(COC(F)(F)C(F)c3ccc(C4CCC(CCCCCC)CC4)cc3)cc2)CC1. The van der Waals surface area contributed by atoms with Crippen molar-refractivity contribution < 1.29 is 17.9 Å². The Hall–Kier alpha value is -2.07. The summed E-state index contributed by atoms with van der Waals surface area (Å²) in [5, 5.41) is 0. The summed E-state index contributed by atoms with van der Waals surface area (Å²) in [5.41, 5.74) is 2.97. The molecule has 0 N–H and O–H groups in total. The summed E-state index contributed by atoms with van der Waals surface area (Å²) in [5.74, 6) is 2.37. The van der Waals surface area contributed by atoms with Crippen LogP contribution in [0.15, 0.2) is 61.2 Å². The molecule has 0 bridgehead atoms. The Balaban J connectivity index is 1.24. The largest absolute Gasteiger partial charge is 0.391 e. The quantitative estimate of drug-likeness (QED) is 0.181. The first-order valence-electron chi connectivity index (χ1n) is 15.4. The summed E-state index contributed by atoms with van der Waals surface area (Å²) in [7, 11) is 0. The predicted octanol–water partition coefficient (Wildman–Crippen LogP) is 11.2. The van der Waals surface area contributed by atoms with Gasteiger partial charge in [0.2, 0.25) is 6.17 Å². The summed E-state index contributed by atoms with van der Waals surface area (Å²) in [6.45, 7) is 5.82. The van der Waals surface area contributed by atoms with E-state index in [0.717, 1.165) is 50.0 Å². The zero-order valence-corrected chi connectivity index (χ0v) is 23.7. The first kappa shape index (κ1) is 29.9. The van der Waals surface area contributed by atoms with E-state index in [2.05, 4.69) is 13.5 Å². The van der Waals surface area contributed by atoms with Crippen LogP contribution in [0.1, 0.15) is 131 Å². The standard InChI is InChI=1S/C35H47F3O/c1-3-5-6-7-8-27-11-17-30(18-12-27)32-21-23-33(24-22-32)34(36)35(37,38)39-25-28-13-19-31(20-14-28)29-15-9-26(4-2)10-16-29/h4,13-14,19-24,26-27,29-30,34H,2-3,5-12,15-18,25H2,1H3. The second-order valence-electron chi connectivity index (χ2n) is 12.0. The molecule has 2 aliphatic carbocycles. The van der Waals surface area contributed by atoms with Crippen LogP contribution >= 0.6 is 0 Å². The molecule has 1 unspecified atom stereocenters. The monoisotopic (exact) mass is 540 g/mol. The summed E-state index contributed by atoms with van der Waals surface area (Å²) < 4.78 is 49.1. The molecule has 214 valence electrons. The number of hydrogen-bond acceptors (Lipinski definition) is 1. The van der Waals surface area contributed by atoms with Crippen molar-refractivity contribution in [1.82, 2.24) is 0 Å². The fraction of sp³-hybridized carbons (Fsp3) is 0.600. The smallest absolute Gasteiger partial charge is 0.313 e. The molecule has 4 heteroatoms. The van der Waals surface area contributed by atoms with E-state index in [-0.39, 0.29) is 12.2 Å². The van der Waals surface area contributed by atoms with Crippen molar-refractivity contribution in [3.63, 3.8) is 0 Å². The number of unbranched alkanes of at least 4 members (excludes halogenated alkanes) is 3. The van der Waals surface area contributed by atoms with Crippen LogP contribution < -0.4 is 0 Å². The van der Waals surface area contributed by atoms with Gasteiger partial charge in [-0.2, -0.15) is 8.78 Å². The molecule has 1 nitrogen and oxygen atoms in total. The molecular weight excluding hydrogens is 493 g/mol. The molecule has 39 heavy (non-hydrogen) atoms. The maximum atomic E-state index is 14.9. The van der Waals surface area contributed by atoms with Crippen LogP contribution in [-0.4, -0.2) is 6.11 Å². The molecule has 2 saturated carbocycles. The highest BCUT2D eigenvalue weighted by atomic mass is 19.3. The van der Waals surface area contributed by atoms with Gasteiger partial charge in [0.15, 0.2) is 0 Å². The normalized spacial score (nSPS) is 24.8. The van der Waals surface area contributed by atoms with E-state index >= 15 is 0 Å². The van der Waals surface area contributed by atoms with E-state index in [1.54, 1.807) is 0 Å². The molecule has 4 rings (SSSR count). The Morgan fingerprint density at radius 2 is 1.38 bits per heavy atom. The van der Waals surface area contributed by atoms with Gasteiger partial charge >= 0.3 is 6.11 Å². The van der Waals surface area contributed by atoms with Crippen LogP contribution in [0.3, 0.4) is 0 Å². The van der Waals surface area contributed by atoms with E-state index in [1.807, 2.05) is 42.5 Å². The lowest BCUT2D eigenvalue weighted by Gasteiger charge is -2.29. The fourth-order valence-electron chi connectivity index (χ4n) is 6.60. The van der Waals surface area contributed by atoms with Gasteiger partial charge < -0.3 is 4.74 Å². The molecule has 1 atom stereocenters. The van der Waals surface area contributed by atoms with Gasteiger partial charge in [-0.25, -0.2) is 4.39 Å². The first-order valence-corrected chi connectivity index (χ1v) is 15.4. The van der Waals surface area contributed by atoms with Gasteiger partial charge in [0.25, 0.3) is 0 Å². The Bertz CT molecular complexity index is 984. The van der Waals surface area contributed by atoms with Gasteiger partial charge in [0, 0.05) is 0 Å². The summed E-state index contributed by atoms with van der Waals surface area (Å²) in [4.78, 5) is 0. The zero-order chi connectivity index (χ0) is 27.7. The van der Waals surface area contributed by atoms with Crippen LogP contribution in [-0.2, 0) is 11.3 Å². The Kier molecular flexibility index (Phi) is 11.1. The highest BCUT2D eigenvalue weighted by Gasteiger charge is 2.43. The third kappa shape index (κ3) is 8.46. The van der Waals surface area contributed by atoms with E-state index in [0.29, 0.717) is 23.3 Å². The zero-order valence-electron chi connectivity index (χ0n) is 23.7. The van der Waals surface area contributed by atoms with Crippen LogP contribution in [0.5, 0.6) is 0 Å². The molecule has 0 aromatic heterocycles. The Morgan fingerprint density at radius 3 is 1.95 bits per heavy atom. The molecule has 0 spiro atoms. The van der Waals surface area contributed by atoms with Gasteiger partial charge in [0.1, 0.15) is 0 Å². The van der Waals surface area contributed by atoms with Gasteiger partial charge in [-0.3, -0.25) is 0 Å². The van der Waals surface area contributed by atoms with Gasteiger partial charge in [-0.1, -0.05) is 93.6 Å². The predicted molar refractivity (Wildman–Crippen MR) is 155 cm³/mol. The lowest BCUT2D eigenvalue weighted by atomic mass is 9.77. The van der Waals surface area contributed by atoms with E-state index in [9.17, 15) is 13.2 Å². The molecular formula is C35H47F3O. The van der Waals surface area contributed by atoms with Crippen molar-refractivity contribution in [3.8, 4) is 0 Å². The average Bonchev–Trinajstić information content (AvgIpc) is 2.99. The molecule has 0 amide bonds. The lowest BCUT2D eigenvalue weighted by molar-refractivity contribution is -0.282. The second-order valence-corrected chi connectivity index (χ2v) is 12.0. The lowest BCUT2D eigenvalue weighted by Crippen LogP contribution is -2.27. The van der Waals surface area contributed by atoms with Crippen LogP contribution in [0.25, 0.3) is 0 Å². The molecule has 2 aliphatic rings. The molecule has 2 aromatic carbocycles. The van der Waals surface area contributed by atoms with Gasteiger partial charge in [-0.15, -0.1) is 6.58 Å². The van der Waals surface area contributed by atoms with Crippen LogP contribution in [0, 0.1) is 11.8 Å². The maximum Gasteiger partial charge on any atom is 0.391 e. The highest BCUT2D eigenvalue weighted by molar-refractivity contribution is 5.28. The van der Waals surface area contributed by atoms with Crippen molar-refractivity contribution in [3.05, 3.63) is 83.4 Å². The van der Waals surface area contributed by atoms with Gasteiger partial charge in [0.05, 0.1) is 6.61 Å². The third-order valence-electron chi connectivity index (χ3n) is 9.30. The summed E-state index contributed by atoms with van der Waals surface area (Å²) in [6, 6.07) is 14.4. The average molecular weight is 541 g/mol. The molecule has 2 aromatic rings. The van der Waals surface area contributed by atoms with Crippen molar-refractivity contribution in [2.24, 2.45) is 11.8 Å². The Morgan fingerprint density at radius 1 is 0.821 bits per heavy atom. The van der Waals surface area contributed by atoms with Crippen LogP contribution in [0.2, 0.25) is 0 Å². The van der Waals surface area contributed by atoms with Crippen molar-refractivity contribution in [2.75, 3.05) is 0 Å². The summed E-state index contributed by atoms with van der Waals surface area (Å²) >= 11 is 0. The number of allylic oxidation sites excluding steroid dienone is 1. The topological polar surface area (TPSA) is 9.23 Å². The molecule has 0 saturated heterocycles. The number of alkyl halides is 3. The Labute approximate surface area is 234 Å². The van der Waals surface area contributed by atoms with Crippen molar-refractivity contribution in [1.29, 1.82) is 0 Å². The third-order valence-corrected chi connectivity index (χ3v) is 9.30. The van der Waals surface area contributed by atoms with Crippen LogP contribution in [0.4, 0.5) is 13.2 Å². The minimum absolute atomic E-state index is 0.0289. The van der Waals surface area contributed by atoms with E-state index in [1.165, 1.54) is 62.6 Å². The maximum absolute atomic E-state index is 14.9. The highest BCUT2D eigenvalue weighted by Crippen LogP contribution is 2.41. The van der Waals surface area contributed by atoms with Crippen molar-refractivity contribution in [2.45, 2.75) is 121 Å². The number of benzene rings is 2. The molecule has 0 aliphatic heterocycles. The molecule has 2 fully saturated rings. The number of hydrogen-bond donors (Lipinski definition) is 0. The second kappa shape index (κ2) is 14.5. The minimum Gasteiger partial charge on any atom is -0.313 e. The summed E-state index contributed by atoms with van der Waals surface area (Å²) in [6.07, 6.45) is 11.5. The number of rotatable bonds is 13.